The molecule has 0 amide bonds. The Morgan fingerprint density at radius 2 is 1.95 bits per heavy atom. The average Bonchev–Trinajstić information content (AvgIpc) is 3.70. The summed E-state index contributed by atoms with van der Waals surface area (Å²) in [5.41, 5.74) is 0.665. The van der Waals surface area contributed by atoms with Gasteiger partial charge in [-0.25, -0.2) is 17.9 Å². The molecule has 3 aromatic rings. The Kier molecular flexibility index (Phi) is 8.76. The first-order chi connectivity index (χ1) is 21.8. The quantitative estimate of drug-likeness (QED) is 0.175. The predicted octanol–water partition coefficient (Wildman–Crippen LogP) is 4.08. The minimum Gasteiger partial charge on any atom is -0.395 e. The van der Waals surface area contributed by atoms with Crippen molar-refractivity contribution >= 4 is 17.3 Å². The molecule has 5 rings (SSSR count). The number of hydrogen-bond donors (Lipinski definition) is 2. The molecule has 14 heteroatoms. The molecule has 10 nitrogen and oxygen atoms in total. The van der Waals surface area contributed by atoms with Crippen molar-refractivity contribution in [2.45, 2.75) is 62.9 Å². The van der Waals surface area contributed by atoms with Crippen LogP contribution in [0.2, 0.25) is 5.02 Å². The van der Waals surface area contributed by atoms with Crippen LogP contribution in [0, 0.1) is 23.4 Å². The lowest BCUT2D eigenvalue weighted by atomic mass is 9.88. The molecule has 1 saturated heterocycles. The fourth-order valence-corrected chi connectivity index (χ4v) is 4.99. The summed E-state index contributed by atoms with van der Waals surface area (Å²) in [5.74, 6) is -4.21. The Hall–Kier alpha value is -3.07. The number of ether oxygens (including phenoxy) is 3. The van der Waals surface area contributed by atoms with Crippen LogP contribution in [0.15, 0.2) is 47.8 Å². The van der Waals surface area contributed by atoms with E-state index in [0.29, 0.717) is 35.2 Å². The summed E-state index contributed by atoms with van der Waals surface area (Å²) in [6.07, 6.45) is -3.75. The third kappa shape index (κ3) is 7.19. The average molecular weight is 628 g/mol. The van der Waals surface area contributed by atoms with Gasteiger partial charge in [0.1, 0.15) is 48.9 Å². The second-order valence-corrected chi connectivity index (χ2v) is 11.0. The molecular weight excluding hydrogens is 593 g/mol. The summed E-state index contributed by atoms with van der Waals surface area (Å²) < 4.78 is 84.1. The molecule has 1 aromatic heterocycles. The lowest BCUT2D eigenvalue weighted by Crippen LogP contribution is -2.61. The van der Waals surface area contributed by atoms with Gasteiger partial charge >= 0.3 is 0 Å². The van der Waals surface area contributed by atoms with Crippen LogP contribution in [0.3, 0.4) is 0 Å². The Morgan fingerprint density at radius 3 is 2.60 bits per heavy atom. The van der Waals surface area contributed by atoms with Gasteiger partial charge in [0, 0.05) is 17.6 Å². The molecule has 6 atom stereocenters. The van der Waals surface area contributed by atoms with E-state index < -0.39 is 67.7 Å². The fraction of sp³-hybridized carbons (Fsp3) is 0.483. The monoisotopic (exact) mass is 627 g/mol. The molecule has 2 unspecified atom stereocenters. The van der Waals surface area contributed by atoms with Gasteiger partial charge in [-0.1, -0.05) is 34.1 Å². The van der Waals surface area contributed by atoms with Crippen molar-refractivity contribution < 1.29 is 46.5 Å². The van der Waals surface area contributed by atoms with E-state index in [1.807, 2.05) is 0 Å². The molecule has 2 aliphatic rings. The van der Waals surface area contributed by atoms with Crippen LogP contribution in [0.4, 0.5) is 13.2 Å². The maximum absolute atomic E-state index is 14.0. The summed E-state index contributed by atoms with van der Waals surface area (Å²) in [4.78, 5) is 5.53. The number of methoxy groups -OCH3 is 1. The van der Waals surface area contributed by atoms with E-state index in [1.54, 1.807) is 31.2 Å². The highest BCUT2D eigenvalue weighted by atomic mass is 35.5. The Morgan fingerprint density at radius 1 is 1.23 bits per heavy atom. The molecule has 1 aliphatic heterocycles. The molecular formula is C29H32ClF3N4O6. The maximum atomic E-state index is 14.0. The van der Waals surface area contributed by atoms with Crippen LogP contribution in [-0.4, -0.2) is 81.7 Å². The highest BCUT2D eigenvalue weighted by Crippen LogP contribution is 2.36. The van der Waals surface area contributed by atoms with Crippen LogP contribution in [0.5, 0.6) is 0 Å². The first kappa shape index (κ1) is 27.5. The van der Waals surface area contributed by atoms with E-state index in [1.165, 1.54) is 6.20 Å². The Balaban J connectivity index is 1.53. The normalized spacial score (nSPS) is 26.4. The SMILES string of the molecule is [2H]C([2H])([2H])OC1[C@H]([C@H](OCc2ccc(Cl)cc2)/C(C)=N/OCC2CC2)OC(CO)[C@H](O)[C@@H]1n1cc(-c2cc(F)c(F)c(F)c2)nn1. The van der Waals surface area contributed by atoms with Crippen LogP contribution >= 0.6 is 11.6 Å². The third-order valence-electron chi connectivity index (χ3n) is 7.40. The topological polar surface area (TPSA) is 120 Å². The molecule has 0 spiro atoms. The van der Waals surface area contributed by atoms with E-state index in [4.69, 9.17) is 34.8 Å². The molecule has 232 valence electrons. The third-order valence-corrected chi connectivity index (χ3v) is 7.66. The lowest BCUT2D eigenvalue weighted by molar-refractivity contribution is -0.233. The van der Waals surface area contributed by atoms with E-state index in [2.05, 4.69) is 15.5 Å². The number of aliphatic hydroxyl groups is 2. The highest BCUT2D eigenvalue weighted by Gasteiger charge is 2.50. The van der Waals surface area contributed by atoms with Crippen molar-refractivity contribution in [3.05, 3.63) is 70.6 Å². The number of hydrogen-bond acceptors (Lipinski definition) is 9. The van der Waals surface area contributed by atoms with Gasteiger partial charge in [-0.2, -0.15) is 0 Å². The molecule has 0 bridgehead atoms. The summed E-state index contributed by atoms with van der Waals surface area (Å²) in [7, 11) is -3.03. The standard InChI is InChI=1S/C29H32ClF3N4O6/c1-15(35-42-14-17-3-4-17)27(41-13-16-5-7-19(30)8-6-16)29-28(40-2)25(26(39)23(12-38)43-29)37-11-22(34-36-37)18-9-20(31)24(33)21(32)10-18/h5-11,17,23,25-29,38-39H,3-4,12-14H2,1-2H3/b35-15+/t23?,25-,26-,27+,28?,29-/m0/s1/i2D3. The smallest absolute Gasteiger partial charge is 0.194 e. The molecule has 2 heterocycles. The lowest BCUT2D eigenvalue weighted by Gasteiger charge is -2.45. The minimum atomic E-state index is -3.03. The number of benzene rings is 2. The van der Waals surface area contributed by atoms with Gasteiger partial charge in [-0.05, 0) is 55.5 Å². The minimum absolute atomic E-state index is 0.0101. The van der Waals surface area contributed by atoms with E-state index in [-0.39, 0.29) is 23.6 Å². The second kappa shape index (κ2) is 13.7. The molecule has 1 aliphatic carbocycles. The first-order valence-electron chi connectivity index (χ1n) is 15.1. The summed E-state index contributed by atoms with van der Waals surface area (Å²) in [6.45, 7) is 1.25. The van der Waals surface area contributed by atoms with Gasteiger partial charge in [-0.15, -0.1) is 5.10 Å². The van der Waals surface area contributed by atoms with E-state index in [0.717, 1.165) is 17.5 Å². The van der Waals surface area contributed by atoms with Crippen molar-refractivity contribution in [1.82, 2.24) is 15.0 Å². The zero-order valence-corrected chi connectivity index (χ0v) is 23.7. The zero-order chi connectivity index (χ0) is 33.2. The predicted molar refractivity (Wildman–Crippen MR) is 149 cm³/mol. The van der Waals surface area contributed by atoms with Gasteiger partial charge in [0.15, 0.2) is 17.5 Å². The van der Waals surface area contributed by atoms with Crippen LogP contribution < -0.4 is 0 Å². The van der Waals surface area contributed by atoms with Gasteiger partial charge in [0.2, 0.25) is 0 Å². The van der Waals surface area contributed by atoms with Crippen LogP contribution in [0.25, 0.3) is 11.3 Å². The van der Waals surface area contributed by atoms with Gasteiger partial charge in [0.25, 0.3) is 0 Å². The van der Waals surface area contributed by atoms with Crippen LogP contribution in [0.1, 0.15) is 35.5 Å². The number of aliphatic hydroxyl groups excluding tert-OH is 2. The molecule has 2 aromatic carbocycles. The van der Waals surface area contributed by atoms with Gasteiger partial charge < -0.3 is 29.3 Å². The van der Waals surface area contributed by atoms with Crippen molar-refractivity contribution in [2.24, 2.45) is 11.1 Å². The summed E-state index contributed by atoms with van der Waals surface area (Å²) in [6, 6.07) is 6.83. The number of nitrogens with zero attached hydrogens (tertiary/aromatic N) is 4. The van der Waals surface area contributed by atoms with Crippen LogP contribution in [-0.2, 0) is 25.7 Å². The maximum Gasteiger partial charge on any atom is 0.194 e. The number of rotatable bonds is 12. The molecule has 1 saturated carbocycles. The second-order valence-electron chi connectivity index (χ2n) is 10.6. The fourth-order valence-electron chi connectivity index (χ4n) is 4.87. The van der Waals surface area contributed by atoms with Crippen molar-refractivity contribution in [1.29, 1.82) is 0 Å². The highest BCUT2D eigenvalue weighted by molar-refractivity contribution is 6.30. The number of halogens is 4. The molecule has 0 radical (unpaired) electrons. The first-order valence-corrected chi connectivity index (χ1v) is 13.9. The molecule has 2 N–H and O–H groups in total. The summed E-state index contributed by atoms with van der Waals surface area (Å²) in [5, 5.41) is 34.1. The largest absolute Gasteiger partial charge is 0.395 e. The van der Waals surface area contributed by atoms with Crippen molar-refractivity contribution in [3.8, 4) is 11.3 Å². The van der Waals surface area contributed by atoms with Crippen molar-refractivity contribution in [2.75, 3.05) is 20.3 Å². The van der Waals surface area contributed by atoms with Gasteiger partial charge in [-0.3, -0.25) is 0 Å². The number of oxime groups is 1. The van der Waals surface area contributed by atoms with E-state index >= 15 is 0 Å². The zero-order valence-electron chi connectivity index (χ0n) is 25.9. The number of aromatic nitrogens is 3. The summed E-state index contributed by atoms with van der Waals surface area (Å²) >= 11 is 6.02. The van der Waals surface area contributed by atoms with Gasteiger partial charge in [0.05, 0.1) is 29.2 Å². The Labute approximate surface area is 255 Å². The van der Waals surface area contributed by atoms with Crippen molar-refractivity contribution in [3.63, 3.8) is 0 Å². The molecule has 43 heavy (non-hydrogen) atoms. The Bertz CT molecular complexity index is 1510. The molecule has 2 fully saturated rings. The van der Waals surface area contributed by atoms with E-state index in [9.17, 15) is 23.4 Å².